The molecule has 17 nitrogen and oxygen atoms in total. The van der Waals surface area contributed by atoms with Gasteiger partial charge in [0.25, 0.3) is 0 Å². The highest BCUT2D eigenvalue weighted by Crippen LogP contribution is 2.45. The van der Waals surface area contributed by atoms with Crippen LogP contribution in [0.4, 0.5) is 0 Å². The minimum Gasteiger partial charge on any atom is -0.462 e. The molecule has 0 heterocycles. The number of carbonyl (C=O) groups excluding carboxylic acids is 4. The Balaban J connectivity index is 5.15. The molecule has 0 aliphatic heterocycles. The molecule has 0 bridgehead atoms. The van der Waals surface area contributed by atoms with Gasteiger partial charge in [0.05, 0.1) is 26.4 Å². The molecule has 0 saturated heterocycles. The first kappa shape index (κ1) is 90.1. The third-order valence-corrected chi connectivity index (χ3v) is 19.1. The minimum atomic E-state index is -4.95. The first-order chi connectivity index (χ1) is 44.1. The van der Waals surface area contributed by atoms with Crippen molar-refractivity contribution in [2.24, 2.45) is 23.7 Å². The van der Waals surface area contributed by atoms with Crippen LogP contribution in [0.5, 0.6) is 0 Å². The molecule has 0 spiro atoms. The molecule has 0 amide bonds. The van der Waals surface area contributed by atoms with Gasteiger partial charge in [-0.15, -0.1) is 0 Å². The number of esters is 4. The average Bonchev–Trinajstić information content (AvgIpc) is 1.84. The van der Waals surface area contributed by atoms with Gasteiger partial charge in [-0.2, -0.15) is 0 Å². The van der Waals surface area contributed by atoms with Crippen LogP contribution in [0, 0.1) is 23.7 Å². The maximum atomic E-state index is 13.0. The van der Waals surface area contributed by atoms with Crippen LogP contribution in [0.15, 0.2) is 0 Å². The summed E-state index contributed by atoms with van der Waals surface area (Å²) in [6.07, 6.45) is 46.2. The largest absolute Gasteiger partial charge is 0.472 e. The molecule has 546 valence electrons. The Hall–Kier alpha value is -1.94. The average molecular weight is 1350 g/mol. The predicted octanol–water partition coefficient (Wildman–Crippen LogP) is 20.9. The van der Waals surface area contributed by atoms with E-state index in [2.05, 4.69) is 55.4 Å². The lowest BCUT2D eigenvalue weighted by atomic mass is 10.00. The summed E-state index contributed by atoms with van der Waals surface area (Å²) in [5.74, 6) is 0.832. The van der Waals surface area contributed by atoms with E-state index in [4.69, 9.17) is 37.0 Å². The highest BCUT2D eigenvalue weighted by atomic mass is 31.2. The fourth-order valence-electron chi connectivity index (χ4n) is 11.0. The predicted molar refractivity (Wildman–Crippen MR) is 372 cm³/mol. The number of hydrogen-bond acceptors (Lipinski definition) is 15. The van der Waals surface area contributed by atoms with Gasteiger partial charge >= 0.3 is 39.5 Å². The van der Waals surface area contributed by atoms with Gasteiger partial charge in [-0.1, -0.05) is 312 Å². The van der Waals surface area contributed by atoms with Crippen LogP contribution < -0.4 is 0 Å². The van der Waals surface area contributed by atoms with Gasteiger partial charge < -0.3 is 33.8 Å². The topological polar surface area (TPSA) is 237 Å². The van der Waals surface area contributed by atoms with Crippen molar-refractivity contribution in [2.45, 2.75) is 382 Å². The lowest BCUT2D eigenvalue weighted by Gasteiger charge is -2.21. The molecule has 0 rings (SSSR count). The fraction of sp³-hybridized carbons (Fsp3) is 0.945. The van der Waals surface area contributed by atoms with E-state index >= 15 is 0 Å². The summed E-state index contributed by atoms with van der Waals surface area (Å²) >= 11 is 0. The number of phosphoric acid groups is 2. The summed E-state index contributed by atoms with van der Waals surface area (Å²) in [4.78, 5) is 72.6. The second kappa shape index (κ2) is 62.6. The van der Waals surface area contributed by atoms with Crippen LogP contribution in [0.2, 0.25) is 0 Å². The first-order valence-corrected chi connectivity index (χ1v) is 40.7. The van der Waals surface area contributed by atoms with Crippen LogP contribution in [0.25, 0.3) is 0 Å². The van der Waals surface area contributed by atoms with Crippen molar-refractivity contribution >= 4 is 39.5 Å². The normalized spacial score (nSPS) is 14.5. The molecule has 3 N–H and O–H groups in total. The second-order valence-electron chi connectivity index (χ2n) is 28.0. The van der Waals surface area contributed by atoms with Crippen LogP contribution in [0.1, 0.15) is 364 Å². The Kier molecular flexibility index (Phi) is 61.3. The maximum absolute atomic E-state index is 13.0. The highest BCUT2D eigenvalue weighted by Gasteiger charge is 2.30. The van der Waals surface area contributed by atoms with Crippen molar-refractivity contribution in [1.82, 2.24) is 0 Å². The molecular formula is C73H142O17P2. The summed E-state index contributed by atoms with van der Waals surface area (Å²) in [5.41, 5.74) is 0. The van der Waals surface area contributed by atoms with E-state index in [0.717, 1.165) is 114 Å². The van der Waals surface area contributed by atoms with Crippen LogP contribution in [-0.4, -0.2) is 96.7 Å². The van der Waals surface area contributed by atoms with Gasteiger partial charge in [0.15, 0.2) is 12.2 Å². The number of rotatable bonds is 70. The molecule has 0 aromatic heterocycles. The summed E-state index contributed by atoms with van der Waals surface area (Å²) < 4.78 is 68.3. The van der Waals surface area contributed by atoms with E-state index in [-0.39, 0.29) is 25.7 Å². The third kappa shape index (κ3) is 65.4. The third-order valence-electron chi connectivity index (χ3n) is 17.2. The lowest BCUT2D eigenvalue weighted by Crippen LogP contribution is -2.30. The van der Waals surface area contributed by atoms with Crippen molar-refractivity contribution in [3.05, 3.63) is 0 Å². The Morgan fingerprint density at radius 2 is 0.522 bits per heavy atom. The van der Waals surface area contributed by atoms with Crippen molar-refractivity contribution in [3.63, 3.8) is 0 Å². The number of unbranched alkanes of at least 4 members (excludes halogenated alkanes) is 35. The molecule has 92 heavy (non-hydrogen) atoms. The molecule has 4 unspecified atom stereocenters. The quantitative estimate of drug-likeness (QED) is 0.0222. The Morgan fingerprint density at radius 3 is 0.772 bits per heavy atom. The van der Waals surface area contributed by atoms with E-state index in [1.807, 2.05) is 0 Å². The molecule has 6 atom stereocenters. The van der Waals surface area contributed by atoms with Gasteiger partial charge in [0, 0.05) is 25.7 Å². The zero-order valence-electron chi connectivity index (χ0n) is 60.2. The summed E-state index contributed by atoms with van der Waals surface area (Å²) in [6, 6.07) is 0. The Labute approximate surface area is 562 Å². The summed E-state index contributed by atoms with van der Waals surface area (Å²) in [7, 11) is -9.90. The molecule has 19 heteroatoms. The number of aliphatic hydroxyl groups is 1. The standard InChI is InChI=1S/C73H142O17P2/c1-9-66(8)52-44-36-30-32-40-48-56-73(78)90-69(59-83-70(75)53-45-37-27-24-20-22-26-34-42-50-64(4)5)62-88-92(81,82)86-58-67(74)57-85-91(79,80)87-61-68(60-84-71(76)54-46-38-31-29-35-43-51-65(6)7)89-72(77)55-47-39-28-23-19-17-15-13-11-10-12-14-16-18-21-25-33-41-49-63(2)3/h63-69,74H,9-62H2,1-8H3,(H,79,80)(H,81,82)/t66?,67?,68-,69-/m1/s1. The summed E-state index contributed by atoms with van der Waals surface area (Å²) in [6.45, 7) is 14.1. The van der Waals surface area contributed by atoms with Crippen molar-refractivity contribution in [3.8, 4) is 0 Å². The van der Waals surface area contributed by atoms with Gasteiger partial charge in [0.1, 0.15) is 19.3 Å². The van der Waals surface area contributed by atoms with E-state index in [0.29, 0.717) is 31.6 Å². The number of aliphatic hydroxyl groups excluding tert-OH is 1. The number of hydrogen-bond donors (Lipinski definition) is 3. The lowest BCUT2D eigenvalue weighted by molar-refractivity contribution is -0.161. The molecule has 0 aromatic rings. The highest BCUT2D eigenvalue weighted by molar-refractivity contribution is 7.47. The fourth-order valence-corrected chi connectivity index (χ4v) is 12.6. The molecule has 0 saturated carbocycles. The van der Waals surface area contributed by atoms with Crippen molar-refractivity contribution in [2.75, 3.05) is 39.6 Å². The molecule has 0 radical (unpaired) electrons. The molecule has 0 aliphatic rings. The Morgan fingerprint density at radius 1 is 0.304 bits per heavy atom. The van der Waals surface area contributed by atoms with Gasteiger partial charge in [-0.25, -0.2) is 9.13 Å². The first-order valence-electron chi connectivity index (χ1n) is 37.7. The summed E-state index contributed by atoms with van der Waals surface area (Å²) in [5, 5.41) is 10.6. The SMILES string of the molecule is CCC(C)CCCCCCCCC(=O)O[C@H](COC(=O)CCCCCCCCCCCC(C)C)COP(=O)(O)OCC(O)COP(=O)(O)OC[C@@H](COC(=O)CCCCCCCCC(C)C)OC(=O)CCCCCCCCCCCCCCCCCCCCC(C)C. The molecular weight excluding hydrogens is 1210 g/mol. The van der Waals surface area contributed by atoms with Crippen molar-refractivity contribution in [1.29, 1.82) is 0 Å². The number of phosphoric ester groups is 2. The molecule has 0 aromatic carbocycles. The van der Waals surface area contributed by atoms with Gasteiger partial charge in [-0.05, 0) is 49.4 Å². The monoisotopic (exact) mass is 1350 g/mol. The van der Waals surface area contributed by atoms with Crippen LogP contribution >= 0.6 is 15.6 Å². The molecule has 0 aliphatic carbocycles. The van der Waals surface area contributed by atoms with Gasteiger partial charge in [0.2, 0.25) is 0 Å². The second-order valence-corrected chi connectivity index (χ2v) is 30.9. The smallest absolute Gasteiger partial charge is 0.462 e. The number of carbonyl (C=O) groups is 4. The number of ether oxygens (including phenoxy) is 4. The Bertz CT molecular complexity index is 1820. The molecule has 0 fully saturated rings. The zero-order chi connectivity index (χ0) is 68.2. The van der Waals surface area contributed by atoms with E-state index in [1.165, 1.54) is 161 Å². The van der Waals surface area contributed by atoms with Crippen LogP contribution in [0.3, 0.4) is 0 Å². The van der Waals surface area contributed by atoms with E-state index < -0.39 is 97.5 Å². The zero-order valence-corrected chi connectivity index (χ0v) is 62.0. The van der Waals surface area contributed by atoms with E-state index in [1.54, 1.807) is 0 Å². The van der Waals surface area contributed by atoms with Crippen LogP contribution in [-0.2, 0) is 65.4 Å². The maximum Gasteiger partial charge on any atom is 0.472 e. The minimum absolute atomic E-state index is 0.102. The van der Waals surface area contributed by atoms with E-state index in [9.17, 15) is 43.2 Å². The van der Waals surface area contributed by atoms with Crippen molar-refractivity contribution < 1.29 is 80.2 Å². The van der Waals surface area contributed by atoms with Gasteiger partial charge in [-0.3, -0.25) is 37.3 Å².